The topological polar surface area (TPSA) is 65.8 Å². The largest absolute Gasteiger partial charge is 0.497 e. The van der Waals surface area contributed by atoms with E-state index in [1.807, 2.05) is 32.0 Å². The summed E-state index contributed by atoms with van der Waals surface area (Å²) in [6, 6.07) is 5.91. The van der Waals surface area contributed by atoms with E-state index in [1.165, 1.54) is 0 Å². The molecule has 7 nitrogen and oxygen atoms in total. The number of rotatable bonds is 7. The standard InChI is InChI=1S/C22H31N3O4/c1-7-19-20(25-12-17(29-6)11-15(25)13-27-4)22(26)24(3)21(23-19)18-9-8-16(28-5)10-14(18)2/h8-10,15,17H,7,11-13H2,1-6H3/t15-,17+/m0/s1. The number of aryl methyl sites for hydroxylation is 2. The van der Waals surface area contributed by atoms with Crippen LogP contribution in [-0.4, -0.2) is 56.2 Å². The van der Waals surface area contributed by atoms with Crippen molar-refractivity contribution in [2.75, 3.05) is 39.4 Å². The quantitative estimate of drug-likeness (QED) is 0.711. The predicted molar refractivity (Wildman–Crippen MR) is 114 cm³/mol. The number of methoxy groups -OCH3 is 3. The van der Waals surface area contributed by atoms with Crippen molar-refractivity contribution in [3.8, 4) is 17.1 Å². The number of hydrogen-bond acceptors (Lipinski definition) is 6. The number of aromatic nitrogens is 2. The van der Waals surface area contributed by atoms with Crippen LogP contribution in [0.15, 0.2) is 23.0 Å². The average Bonchev–Trinajstić information content (AvgIpc) is 3.12. The molecule has 1 aliphatic heterocycles. The summed E-state index contributed by atoms with van der Waals surface area (Å²) in [5, 5.41) is 0. The van der Waals surface area contributed by atoms with Gasteiger partial charge in [0.15, 0.2) is 0 Å². The van der Waals surface area contributed by atoms with E-state index >= 15 is 0 Å². The SMILES string of the molecule is CCc1nc(-c2ccc(OC)cc2C)n(C)c(=O)c1N1C[C@H](OC)C[C@H]1COC. The summed E-state index contributed by atoms with van der Waals surface area (Å²) in [5.41, 5.74) is 3.36. The minimum Gasteiger partial charge on any atom is -0.497 e. The van der Waals surface area contributed by atoms with E-state index in [0.717, 1.165) is 29.0 Å². The third-order valence-corrected chi connectivity index (χ3v) is 5.70. The van der Waals surface area contributed by atoms with Crippen molar-refractivity contribution >= 4 is 5.69 Å². The second kappa shape index (κ2) is 8.97. The van der Waals surface area contributed by atoms with Gasteiger partial charge in [0.25, 0.3) is 5.56 Å². The van der Waals surface area contributed by atoms with Crippen molar-refractivity contribution in [1.82, 2.24) is 9.55 Å². The summed E-state index contributed by atoms with van der Waals surface area (Å²) < 4.78 is 17.9. The molecule has 2 atom stereocenters. The van der Waals surface area contributed by atoms with Crippen molar-refractivity contribution in [2.24, 2.45) is 7.05 Å². The Hall–Kier alpha value is -2.38. The first-order chi connectivity index (χ1) is 13.9. The van der Waals surface area contributed by atoms with Gasteiger partial charge in [-0.15, -0.1) is 0 Å². The number of nitrogens with zero attached hydrogens (tertiary/aromatic N) is 3. The van der Waals surface area contributed by atoms with E-state index < -0.39 is 0 Å². The van der Waals surface area contributed by atoms with E-state index in [1.54, 1.807) is 32.9 Å². The highest BCUT2D eigenvalue weighted by Gasteiger charge is 2.35. The summed E-state index contributed by atoms with van der Waals surface area (Å²) in [7, 11) is 6.83. The van der Waals surface area contributed by atoms with E-state index in [0.29, 0.717) is 31.1 Å². The van der Waals surface area contributed by atoms with Gasteiger partial charge in [0, 0.05) is 33.4 Å². The number of benzene rings is 1. The van der Waals surface area contributed by atoms with Gasteiger partial charge in [-0.1, -0.05) is 6.92 Å². The van der Waals surface area contributed by atoms with Gasteiger partial charge in [0.2, 0.25) is 0 Å². The number of anilines is 1. The first-order valence-corrected chi connectivity index (χ1v) is 9.98. The molecule has 0 radical (unpaired) electrons. The molecule has 158 valence electrons. The summed E-state index contributed by atoms with van der Waals surface area (Å²) in [5.74, 6) is 1.45. The van der Waals surface area contributed by atoms with Crippen LogP contribution in [0.3, 0.4) is 0 Å². The monoisotopic (exact) mass is 401 g/mol. The average molecular weight is 402 g/mol. The van der Waals surface area contributed by atoms with Crippen LogP contribution in [0.4, 0.5) is 5.69 Å². The Labute approximate surface area is 172 Å². The summed E-state index contributed by atoms with van der Waals surface area (Å²) in [6.07, 6.45) is 1.57. The molecule has 0 aliphatic carbocycles. The molecule has 1 saturated heterocycles. The minimum atomic E-state index is -0.0417. The highest BCUT2D eigenvalue weighted by molar-refractivity contribution is 5.64. The number of ether oxygens (including phenoxy) is 3. The molecule has 0 bridgehead atoms. The fraction of sp³-hybridized carbons (Fsp3) is 0.545. The Balaban J connectivity index is 2.12. The molecule has 0 saturated carbocycles. The zero-order chi connectivity index (χ0) is 21.1. The van der Waals surface area contributed by atoms with Gasteiger partial charge in [0.1, 0.15) is 17.3 Å². The smallest absolute Gasteiger partial charge is 0.277 e. The van der Waals surface area contributed by atoms with Crippen LogP contribution < -0.4 is 15.2 Å². The Bertz CT molecular complexity index is 925. The maximum absolute atomic E-state index is 13.5. The van der Waals surface area contributed by atoms with Crippen molar-refractivity contribution in [2.45, 2.75) is 38.8 Å². The lowest BCUT2D eigenvalue weighted by atomic mass is 10.1. The molecule has 1 aliphatic rings. The highest BCUT2D eigenvalue weighted by Crippen LogP contribution is 2.30. The Kier molecular flexibility index (Phi) is 6.59. The van der Waals surface area contributed by atoms with Gasteiger partial charge < -0.3 is 19.1 Å². The fourth-order valence-electron chi connectivity index (χ4n) is 4.09. The lowest BCUT2D eigenvalue weighted by Gasteiger charge is -2.28. The van der Waals surface area contributed by atoms with E-state index in [4.69, 9.17) is 19.2 Å². The predicted octanol–water partition coefficient (Wildman–Crippen LogP) is 2.57. The molecule has 0 amide bonds. The summed E-state index contributed by atoms with van der Waals surface area (Å²) in [6.45, 7) is 5.24. The summed E-state index contributed by atoms with van der Waals surface area (Å²) >= 11 is 0. The van der Waals surface area contributed by atoms with E-state index in [9.17, 15) is 4.79 Å². The van der Waals surface area contributed by atoms with E-state index in [-0.39, 0.29) is 17.7 Å². The van der Waals surface area contributed by atoms with Crippen LogP contribution in [0, 0.1) is 6.92 Å². The zero-order valence-corrected chi connectivity index (χ0v) is 18.2. The molecule has 0 unspecified atom stereocenters. The Morgan fingerprint density at radius 2 is 2.00 bits per heavy atom. The van der Waals surface area contributed by atoms with E-state index in [2.05, 4.69) is 4.90 Å². The van der Waals surface area contributed by atoms with Crippen LogP contribution in [-0.2, 0) is 22.9 Å². The van der Waals surface area contributed by atoms with Crippen molar-refractivity contribution < 1.29 is 14.2 Å². The number of hydrogen-bond donors (Lipinski definition) is 0. The molecule has 0 N–H and O–H groups in total. The van der Waals surface area contributed by atoms with Crippen LogP contribution in [0.5, 0.6) is 5.75 Å². The van der Waals surface area contributed by atoms with Gasteiger partial charge in [-0.3, -0.25) is 9.36 Å². The lowest BCUT2D eigenvalue weighted by Crippen LogP contribution is -2.40. The van der Waals surface area contributed by atoms with Gasteiger partial charge in [-0.2, -0.15) is 0 Å². The minimum absolute atomic E-state index is 0.0417. The van der Waals surface area contributed by atoms with Crippen LogP contribution in [0.1, 0.15) is 24.6 Å². The highest BCUT2D eigenvalue weighted by atomic mass is 16.5. The molecule has 1 aromatic carbocycles. The van der Waals surface area contributed by atoms with Crippen LogP contribution in [0.2, 0.25) is 0 Å². The van der Waals surface area contributed by atoms with Gasteiger partial charge in [0.05, 0.1) is 31.6 Å². The van der Waals surface area contributed by atoms with Crippen LogP contribution in [0.25, 0.3) is 11.4 Å². The molecular weight excluding hydrogens is 370 g/mol. The third-order valence-electron chi connectivity index (χ3n) is 5.70. The van der Waals surface area contributed by atoms with Crippen LogP contribution >= 0.6 is 0 Å². The fourth-order valence-corrected chi connectivity index (χ4v) is 4.09. The Morgan fingerprint density at radius 3 is 2.59 bits per heavy atom. The Morgan fingerprint density at radius 1 is 1.24 bits per heavy atom. The third kappa shape index (κ3) is 4.02. The zero-order valence-electron chi connectivity index (χ0n) is 18.2. The summed E-state index contributed by atoms with van der Waals surface area (Å²) in [4.78, 5) is 20.5. The van der Waals surface area contributed by atoms with Crippen molar-refractivity contribution in [3.05, 3.63) is 39.8 Å². The normalized spacial score (nSPS) is 19.0. The van der Waals surface area contributed by atoms with Crippen molar-refractivity contribution in [1.29, 1.82) is 0 Å². The van der Waals surface area contributed by atoms with Gasteiger partial charge >= 0.3 is 0 Å². The maximum Gasteiger partial charge on any atom is 0.277 e. The lowest BCUT2D eigenvalue weighted by molar-refractivity contribution is 0.111. The van der Waals surface area contributed by atoms with Crippen molar-refractivity contribution in [3.63, 3.8) is 0 Å². The molecule has 7 heteroatoms. The first kappa shape index (κ1) is 21.3. The second-order valence-corrected chi connectivity index (χ2v) is 7.48. The molecule has 3 rings (SSSR count). The second-order valence-electron chi connectivity index (χ2n) is 7.48. The molecule has 2 aromatic rings. The molecule has 2 heterocycles. The molecular formula is C22H31N3O4. The maximum atomic E-state index is 13.5. The van der Waals surface area contributed by atoms with Gasteiger partial charge in [-0.25, -0.2) is 4.98 Å². The molecule has 1 fully saturated rings. The molecule has 1 aromatic heterocycles. The van der Waals surface area contributed by atoms with Gasteiger partial charge in [-0.05, 0) is 43.5 Å². The molecule has 29 heavy (non-hydrogen) atoms. The first-order valence-electron chi connectivity index (χ1n) is 9.98. The molecule has 0 spiro atoms.